The molecular weight excluding hydrogens is 1240 g/mol. The van der Waals surface area contributed by atoms with E-state index < -0.39 is 0 Å². The van der Waals surface area contributed by atoms with Crippen molar-refractivity contribution in [3.63, 3.8) is 0 Å². The molecule has 0 unspecified atom stereocenters. The molecule has 0 bridgehead atoms. The molecule has 17 rings (SSSR count). The first-order chi connectivity index (χ1) is 47.9. The highest BCUT2D eigenvalue weighted by molar-refractivity contribution is 7.25. The quantitative estimate of drug-likeness (QED) is 0.170. The summed E-state index contributed by atoms with van der Waals surface area (Å²) in [7, 11) is 0. The lowest BCUT2D eigenvalue weighted by atomic mass is 10.0. The Morgan fingerprint density at radius 3 is 0.673 bits per heavy atom. The highest BCUT2D eigenvalue weighted by Crippen LogP contribution is 2.37. The minimum absolute atomic E-state index is 0.0999. The van der Waals surface area contributed by atoms with E-state index in [-0.39, 0.29) is 5.54 Å². The van der Waals surface area contributed by atoms with Gasteiger partial charge in [-0.2, -0.15) is 0 Å². The second-order valence-electron chi connectivity index (χ2n) is 33.1. The molecule has 0 aliphatic heterocycles. The summed E-state index contributed by atoms with van der Waals surface area (Å²) in [5, 5.41) is 13.1. The molecule has 0 aliphatic carbocycles. The van der Waals surface area contributed by atoms with Crippen LogP contribution in [0.25, 0.3) is 119 Å². The van der Waals surface area contributed by atoms with Gasteiger partial charge in [-0.1, -0.05) is 329 Å². The van der Waals surface area contributed by atoms with Crippen LogP contribution >= 0.6 is 11.3 Å². The minimum Gasteiger partial charge on any atom is -0.456 e. The van der Waals surface area contributed by atoms with Gasteiger partial charge in [-0.25, -0.2) is 0 Å². The number of para-hydroxylation sites is 10. The topological polar surface area (TPSA) is 27.9 Å². The maximum atomic E-state index is 5.65. The van der Waals surface area contributed by atoms with Gasteiger partial charge in [0.1, 0.15) is 11.2 Å². The zero-order valence-corrected chi connectivity index (χ0v) is 64.3. The lowest BCUT2D eigenvalue weighted by molar-refractivity contribution is 0.423. The van der Waals surface area contributed by atoms with Crippen molar-refractivity contribution >= 4 is 119 Å². The average molecular weight is 1350 g/mol. The number of nitrogens with zero attached hydrogens (tertiary/aromatic N) is 3. The predicted molar refractivity (Wildman–Crippen MR) is 450 cm³/mol. The molecule has 17 aromatic rings. The van der Waals surface area contributed by atoms with Crippen LogP contribution in [0.15, 0.2) is 308 Å². The van der Waals surface area contributed by atoms with Gasteiger partial charge in [-0.15, -0.1) is 11.3 Å². The molecule has 0 saturated carbocycles. The second kappa shape index (κ2) is 33.0. The van der Waals surface area contributed by atoms with Gasteiger partial charge in [0.05, 0.1) is 22.1 Å². The summed E-state index contributed by atoms with van der Waals surface area (Å²) < 4.78 is 15.5. The third-order valence-corrected chi connectivity index (χ3v) is 16.2. The van der Waals surface area contributed by atoms with E-state index in [1.54, 1.807) is 0 Å². The van der Waals surface area contributed by atoms with Crippen LogP contribution in [0.5, 0.6) is 0 Å². The third-order valence-electron chi connectivity index (χ3n) is 15.0. The van der Waals surface area contributed by atoms with E-state index in [2.05, 4.69) is 412 Å². The maximum Gasteiger partial charge on any atom is 0.135 e. The molecule has 101 heavy (non-hydrogen) atoms. The number of rotatable bonds is 2. The normalized spacial score (nSPS) is 11.5. The molecule has 0 N–H and O–H groups in total. The van der Waals surface area contributed by atoms with Gasteiger partial charge in [-0.05, 0) is 127 Å². The molecule has 0 saturated heterocycles. The van der Waals surface area contributed by atoms with Crippen LogP contribution in [0.2, 0.25) is 0 Å². The van der Waals surface area contributed by atoms with Crippen LogP contribution in [0.1, 0.15) is 132 Å². The largest absolute Gasteiger partial charge is 0.456 e. The zero-order valence-electron chi connectivity index (χ0n) is 63.5. The minimum atomic E-state index is 0.0999. The van der Waals surface area contributed by atoms with Gasteiger partial charge in [0.2, 0.25) is 0 Å². The Morgan fingerprint density at radius 2 is 0.406 bits per heavy atom. The molecular formula is C96H107N3OS. The SMILES string of the molecule is CC(C)(C)C.CC(C)(C)C.CC(C)(C)C.CC(C)(C)C.CC(C)(C)n1c2ccccc2c2ccccc21.c1ccc(-n2c3ccccc3c3ccccc32)cc1.c1ccc(-n2c3ccccc3c3ccccc32)cc1.c1ccc2c(c1)oc1ccccc12.c1ccc2c(c1)sc1ccccc12. The standard InChI is InChI=1S/2C18H13N.C16H17N.C12H8O.C12H8S.4C5H12/c2*1-2-8-14(9-3-1)19-17-12-6-4-10-15(17)16-11-5-7-13-18(16)19;1-16(2,3)17-14-10-6-4-8-12(14)13-9-5-7-11-15(13)17;2*1-3-7-11-9(5-1)10-6-2-4-8-12(10)13-11;4*1-5(2,3)4/h2*1-13H;4-11H,1-3H3;2*1-8H;4*1-4H3. The molecule has 4 nitrogen and oxygen atoms in total. The molecule has 5 heteroatoms. The predicted octanol–water partition coefficient (Wildman–Crippen LogP) is 30.0. The first-order valence-electron chi connectivity index (χ1n) is 35.7. The third kappa shape index (κ3) is 21.1. The Balaban J connectivity index is 0.000000138. The summed E-state index contributed by atoms with van der Waals surface area (Å²) in [6.07, 6.45) is 0. The highest BCUT2D eigenvalue weighted by atomic mass is 32.1. The van der Waals surface area contributed by atoms with E-state index >= 15 is 0 Å². The van der Waals surface area contributed by atoms with E-state index in [4.69, 9.17) is 4.42 Å². The van der Waals surface area contributed by atoms with Crippen LogP contribution in [-0.2, 0) is 5.54 Å². The van der Waals surface area contributed by atoms with Crippen molar-refractivity contribution in [3.8, 4) is 11.4 Å². The van der Waals surface area contributed by atoms with Gasteiger partial charge in [-0.3, -0.25) is 0 Å². The Bertz CT molecular complexity index is 4840. The van der Waals surface area contributed by atoms with Crippen molar-refractivity contribution in [2.24, 2.45) is 21.7 Å². The van der Waals surface area contributed by atoms with Gasteiger partial charge in [0.25, 0.3) is 0 Å². The molecule has 518 valence electrons. The number of furan rings is 1. The number of benzene rings is 12. The molecule has 12 aromatic carbocycles. The summed E-state index contributed by atoms with van der Waals surface area (Å²) in [5.74, 6) is 0. The summed E-state index contributed by atoms with van der Waals surface area (Å²) in [4.78, 5) is 0. The molecule has 5 aromatic heterocycles. The van der Waals surface area contributed by atoms with E-state index in [0.717, 1.165) is 11.2 Å². The van der Waals surface area contributed by atoms with E-state index in [0.29, 0.717) is 21.7 Å². The number of hydrogen-bond donors (Lipinski definition) is 0. The van der Waals surface area contributed by atoms with Crippen LogP contribution in [-0.4, -0.2) is 13.7 Å². The number of fused-ring (bicyclic) bond motifs is 15. The van der Waals surface area contributed by atoms with Crippen molar-refractivity contribution in [2.75, 3.05) is 0 Å². The molecule has 0 atom stereocenters. The highest BCUT2D eigenvalue weighted by Gasteiger charge is 2.20. The molecule has 0 aliphatic rings. The van der Waals surface area contributed by atoms with Crippen LogP contribution in [0, 0.1) is 21.7 Å². The van der Waals surface area contributed by atoms with Crippen molar-refractivity contribution in [1.82, 2.24) is 13.7 Å². The molecule has 0 spiro atoms. The molecule has 0 radical (unpaired) electrons. The van der Waals surface area contributed by atoms with Gasteiger partial charge in [0.15, 0.2) is 0 Å². The smallest absolute Gasteiger partial charge is 0.135 e. The van der Waals surface area contributed by atoms with E-state index in [9.17, 15) is 0 Å². The molecule has 0 amide bonds. The monoisotopic (exact) mass is 1350 g/mol. The Hall–Kier alpha value is -9.94. The summed E-state index contributed by atoms with van der Waals surface area (Å²) in [5.41, 5.74) is 14.1. The van der Waals surface area contributed by atoms with Crippen LogP contribution in [0.3, 0.4) is 0 Å². The Labute approximate surface area is 606 Å². The number of hydrogen-bond acceptors (Lipinski definition) is 2. The fraction of sp³-hybridized carbons (Fsp3) is 0.250. The summed E-state index contributed by atoms with van der Waals surface area (Å²) in [6, 6.07) is 106. The van der Waals surface area contributed by atoms with Crippen molar-refractivity contribution in [3.05, 3.63) is 303 Å². The first kappa shape index (κ1) is 75.3. The average Bonchev–Trinajstić information content (AvgIpc) is 1.60. The van der Waals surface area contributed by atoms with Crippen molar-refractivity contribution in [2.45, 2.75) is 137 Å². The van der Waals surface area contributed by atoms with Crippen LogP contribution < -0.4 is 0 Å². The fourth-order valence-electron chi connectivity index (χ4n) is 11.6. The Morgan fingerprint density at radius 1 is 0.208 bits per heavy atom. The Kier molecular flexibility index (Phi) is 24.6. The maximum absolute atomic E-state index is 5.65. The summed E-state index contributed by atoms with van der Waals surface area (Å²) >= 11 is 1.86. The molecule has 0 fully saturated rings. The fourth-order valence-corrected chi connectivity index (χ4v) is 12.7. The lowest BCUT2D eigenvalue weighted by Crippen LogP contribution is -2.21. The molecule has 5 heterocycles. The zero-order chi connectivity index (χ0) is 72.7. The number of thiophene rings is 1. The lowest BCUT2D eigenvalue weighted by Gasteiger charge is -2.24. The van der Waals surface area contributed by atoms with E-state index in [1.165, 1.54) is 108 Å². The van der Waals surface area contributed by atoms with Gasteiger partial charge in [0, 0.05) is 91.2 Å². The first-order valence-corrected chi connectivity index (χ1v) is 36.5. The van der Waals surface area contributed by atoms with E-state index in [1.807, 2.05) is 47.7 Å². The van der Waals surface area contributed by atoms with Crippen molar-refractivity contribution in [1.29, 1.82) is 0 Å². The second-order valence-corrected chi connectivity index (χ2v) is 34.2. The van der Waals surface area contributed by atoms with Gasteiger partial charge < -0.3 is 18.1 Å². The number of aromatic nitrogens is 3. The van der Waals surface area contributed by atoms with Crippen LogP contribution in [0.4, 0.5) is 0 Å². The van der Waals surface area contributed by atoms with Crippen molar-refractivity contribution < 1.29 is 4.42 Å². The summed E-state index contributed by atoms with van der Waals surface area (Å²) in [6.45, 7) is 41.8. The van der Waals surface area contributed by atoms with Gasteiger partial charge >= 0.3 is 0 Å².